The Bertz CT molecular complexity index is 998. The van der Waals surface area contributed by atoms with Crippen LogP contribution in [-0.2, 0) is 6.54 Å². The summed E-state index contributed by atoms with van der Waals surface area (Å²) >= 11 is 0. The minimum absolute atomic E-state index is 0.195. The van der Waals surface area contributed by atoms with Gasteiger partial charge in [0.1, 0.15) is 0 Å². The van der Waals surface area contributed by atoms with Crippen LogP contribution in [0.15, 0.2) is 58.1 Å². The summed E-state index contributed by atoms with van der Waals surface area (Å²) in [5.41, 5.74) is 1.98. The van der Waals surface area contributed by atoms with Crippen LogP contribution in [0, 0.1) is 12.8 Å². The molecule has 0 unspecified atom stereocenters. The number of benzene rings is 2. The van der Waals surface area contributed by atoms with Crippen molar-refractivity contribution < 1.29 is 0 Å². The maximum Gasteiger partial charge on any atom is 0.336 e. The third-order valence-electron chi connectivity index (χ3n) is 4.47. The van der Waals surface area contributed by atoms with Crippen molar-refractivity contribution in [1.29, 1.82) is 0 Å². The smallest absolute Gasteiger partial charge is 0.268 e. The van der Waals surface area contributed by atoms with E-state index >= 15 is 0 Å². The quantitative estimate of drug-likeness (QED) is 0.709. The molecule has 0 fully saturated rings. The van der Waals surface area contributed by atoms with Crippen molar-refractivity contribution in [2.75, 3.05) is 0 Å². The maximum absolute atomic E-state index is 13.1. The predicted octanol–water partition coefficient (Wildman–Crippen LogP) is 3.90. The van der Waals surface area contributed by atoms with Gasteiger partial charge in [0, 0.05) is 6.54 Å². The molecule has 25 heavy (non-hydrogen) atoms. The van der Waals surface area contributed by atoms with Gasteiger partial charge in [-0.05, 0) is 49.9 Å². The third-order valence-corrected chi connectivity index (χ3v) is 4.47. The second kappa shape index (κ2) is 7.09. The van der Waals surface area contributed by atoms with Crippen LogP contribution in [0.3, 0.4) is 0 Å². The first-order valence-corrected chi connectivity index (χ1v) is 8.80. The fraction of sp³-hybridized carbons (Fsp3) is 0.333. The molecule has 0 N–H and O–H groups in total. The Hall–Kier alpha value is -2.62. The minimum Gasteiger partial charge on any atom is -0.268 e. The van der Waals surface area contributed by atoms with Crippen LogP contribution in [-0.4, -0.2) is 9.13 Å². The van der Waals surface area contributed by atoms with Gasteiger partial charge in [-0.15, -0.1) is 0 Å². The summed E-state index contributed by atoms with van der Waals surface area (Å²) < 4.78 is 3.03. The second-order valence-electron chi connectivity index (χ2n) is 6.97. The van der Waals surface area contributed by atoms with Crippen molar-refractivity contribution in [2.24, 2.45) is 5.92 Å². The van der Waals surface area contributed by atoms with Crippen LogP contribution in [0.2, 0.25) is 0 Å². The second-order valence-corrected chi connectivity index (χ2v) is 6.97. The van der Waals surface area contributed by atoms with E-state index in [1.807, 2.05) is 55.5 Å². The number of nitrogens with zero attached hydrogens (tertiary/aromatic N) is 2. The number of rotatable bonds is 5. The first-order valence-electron chi connectivity index (χ1n) is 8.80. The zero-order chi connectivity index (χ0) is 18.0. The molecule has 0 atom stereocenters. The van der Waals surface area contributed by atoms with Crippen molar-refractivity contribution in [1.82, 2.24) is 9.13 Å². The lowest BCUT2D eigenvalue weighted by Gasteiger charge is -2.15. The van der Waals surface area contributed by atoms with Crippen molar-refractivity contribution in [3.05, 3.63) is 74.9 Å². The Balaban J connectivity index is 2.26. The van der Waals surface area contributed by atoms with Crippen LogP contribution in [0.5, 0.6) is 0 Å². The molecule has 0 aliphatic heterocycles. The molecule has 0 saturated heterocycles. The van der Waals surface area contributed by atoms with E-state index in [9.17, 15) is 9.59 Å². The van der Waals surface area contributed by atoms with E-state index in [-0.39, 0.29) is 11.2 Å². The van der Waals surface area contributed by atoms with Gasteiger partial charge in [0.2, 0.25) is 0 Å². The summed E-state index contributed by atoms with van der Waals surface area (Å²) in [5.74, 6) is 0.551. The number of aryl methyl sites for hydroxylation is 1. The minimum atomic E-state index is -0.267. The number of hydrogen-bond acceptors (Lipinski definition) is 2. The van der Waals surface area contributed by atoms with Crippen molar-refractivity contribution >= 4 is 10.9 Å². The first kappa shape index (κ1) is 17.2. The van der Waals surface area contributed by atoms with E-state index in [0.29, 0.717) is 23.4 Å². The van der Waals surface area contributed by atoms with Crippen LogP contribution >= 0.6 is 0 Å². The van der Waals surface area contributed by atoms with E-state index in [1.165, 1.54) is 4.57 Å². The van der Waals surface area contributed by atoms with Gasteiger partial charge in [-0.2, -0.15) is 0 Å². The highest BCUT2D eigenvalue weighted by Gasteiger charge is 2.14. The molecule has 0 amide bonds. The fourth-order valence-corrected chi connectivity index (χ4v) is 3.15. The molecule has 0 spiro atoms. The monoisotopic (exact) mass is 336 g/mol. The van der Waals surface area contributed by atoms with Gasteiger partial charge >= 0.3 is 5.69 Å². The fourth-order valence-electron chi connectivity index (χ4n) is 3.15. The van der Waals surface area contributed by atoms with E-state index < -0.39 is 0 Å². The summed E-state index contributed by atoms with van der Waals surface area (Å²) in [4.78, 5) is 26.0. The molecule has 0 aliphatic carbocycles. The highest BCUT2D eigenvalue weighted by Crippen LogP contribution is 2.15. The van der Waals surface area contributed by atoms with E-state index in [1.54, 1.807) is 4.57 Å². The van der Waals surface area contributed by atoms with E-state index in [4.69, 9.17) is 0 Å². The Morgan fingerprint density at radius 2 is 1.72 bits per heavy atom. The number of para-hydroxylation sites is 1. The zero-order valence-electron chi connectivity index (χ0n) is 15.0. The largest absolute Gasteiger partial charge is 0.336 e. The predicted molar refractivity (Wildman–Crippen MR) is 103 cm³/mol. The average molecular weight is 336 g/mol. The number of hydrogen-bond donors (Lipinski definition) is 0. The summed E-state index contributed by atoms with van der Waals surface area (Å²) in [7, 11) is 0. The maximum atomic E-state index is 13.1. The Morgan fingerprint density at radius 1 is 1.00 bits per heavy atom. The molecule has 2 aromatic carbocycles. The molecule has 4 heteroatoms. The van der Waals surface area contributed by atoms with Gasteiger partial charge in [-0.3, -0.25) is 13.9 Å². The Labute approximate surface area is 147 Å². The van der Waals surface area contributed by atoms with Gasteiger partial charge in [0.15, 0.2) is 0 Å². The molecule has 130 valence electrons. The normalized spacial score (nSPS) is 11.4. The van der Waals surface area contributed by atoms with Gasteiger partial charge in [0.05, 0.1) is 16.6 Å². The van der Waals surface area contributed by atoms with Gasteiger partial charge in [-0.1, -0.05) is 43.7 Å². The van der Waals surface area contributed by atoms with E-state index in [2.05, 4.69) is 13.8 Å². The molecule has 1 heterocycles. The molecule has 0 bridgehead atoms. The van der Waals surface area contributed by atoms with Gasteiger partial charge < -0.3 is 0 Å². The van der Waals surface area contributed by atoms with Crippen molar-refractivity contribution in [3.8, 4) is 5.69 Å². The molecule has 1 aromatic heterocycles. The average Bonchev–Trinajstić information content (AvgIpc) is 2.59. The molecule has 0 radical (unpaired) electrons. The lowest BCUT2D eigenvalue weighted by Crippen LogP contribution is -2.39. The molecule has 3 rings (SSSR count). The zero-order valence-corrected chi connectivity index (χ0v) is 15.0. The lowest BCUT2D eigenvalue weighted by atomic mass is 10.1. The molecule has 4 nitrogen and oxygen atoms in total. The molecule has 0 saturated carbocycles. The van der Waals surface area contributed by atoms with Crippen LogP contribution in [0.1, 0.15) is 32.3 Å². The van der Waals surface area contributed by atoms with Crippen molar-refractivity contribution in [3.63, 3.8) is 0 Å². The summed E-state index contributed by atoms with van der Waals surface area (Å²) in [6.07, 6.45) is 1.81. The molecule has 3 aromatic rings. The van der Waals surface area contributed by atoms with Crippen molar-refractivity contribution in [2.45, 2.75) is 40.2 Å². The van der Waals surface area contributed by atoms with Crippen LogP contribution in [0.4, 0.5) is 0 Å². The molecular weight excluding hydrogens is 312 g/mol. The van der Waals surface area contributed by atoms with Gasteiger partial charge in [-0.25, -0.2) is 4.79 Å². The van der Waals surface area contributed by atoms with Gasteiger partial charge in [0.25, 0.3) is 5.56 Å². The van der Waals surface area contributed by atoms with E-state index in [0.717, 1.165) is 24.1 Å². The first-order chi connectivity index (χ1) is 12.0. The highest BCUT2D eigenvalue weighted by atomic mass is 16.2. The summed E-state index contributed by atoms with van der Waals surface area (Å²) in [6.45, 7) is 6.70. The standard InChI is InChI=1S/C21H24N2O2/c1-15(2)8-7-13-22-20(24)18-14-16(3)11-12-19(18)23(21(22)25)17-9-5-4-6-10-17/h4-6,9-12,14-15H,7-8,13H2,1-3H3. The van der Waals surface area contributed by atoms with Crippen LogP contribution < -0.4 is 11.2 Å². The Kier molecular flexibility index (Phi) is 4.88. The topological polar surface area (TPSA) is 44.0 Å². The third kappa shape index (κ3) is 3.43. The highest BCUT2D eigenvalue weighted by molar-refractivity contribution is 5.80. The summed E-state index contributed by atoms with van der Waals surface area (Å²) in [6, 6.07) is 15.2. The molecular formula is C21H24N2O2. The van der Waals surface area contributed by atoms with Crippen LogP contribution in [0.25, 0.3) is 16.6 Å². The lowest BCUT2D eigenvalue weighted by molar-refractivity contribution is 0.494. The number of aromatic nitrogens is 2. The summed E-state index contributed by atoms with van der Waals surface area (Å²) in [5, 5.41) is 0.591. The number of fused-ring (bicyclic) bond motifs is 1. The Morgan fingerprint density at radius 3 is 2.40 bits per heavy atom. The SMILES string of the molecule is Cc1ccc2c(c1)c(=O)n(CCCC(C)C)c(=O)n2-c1ccccc1. The molecule has 0 aliphatic rings.